The summed E-state index contributed by atoms with van der Waals surface area (Å²) >= 11 is 1.69. The standard InChI is InChI=1S/C20H23N3OS/c1-14-5-4-6-16(11-14)23-9-8-22(13-15(23)2)20(24)18-12-19-17(21(18)3)7-10-25-19/h4-7,10-12,15H,8-9,13H2,1-3H3/t15-/m1/s1. The van der Waals surface area contributed by atoms with Crippen LogP contribution in [0.2, 0.25) is 0 Å². The van der Waals surface area contributed by atoms with E-state index in [2.05, 4.69) is 54.5 Å². The largest absolute Gasteiger partial charge is 0.365 e. The molecule has 0 radical (unpaired) electrons. The summed E-state index contributed by atoms with van der Waals surface area (Å²) < 4.78 is 3.20. The van der Waals surface area contributed by atoms with E-state index in [9.17, 15) is 4.79 Å². The normalized spacial score (nSPS) is 18.1. The van der Waals surface area contributed by atoms with Crippen LogP contribution in [0, 0.1) is 6.92 Å². The van der Waals surface area contributed by atoms with Crippen LogP contribution in [0.15, 0.2) is 41.8 Å². The molecule has 0 bridgehead atoms. The fourth-order valence-corrected chi connectivity index (χ4v) is 4.60. The van der Waals surface area contributed by atoms with Crippen LogP contribution in [0.4, 0.5) is 5.69 Å². The highest BCUT2D eigenvalue weighted by Gasteiger charge is 2.29. The van der Waals surface area contributed by atoms with Gasteiger partial charge >= 0.3 is 0 Å². The van der Waals surface area contributed by atoms with Gasteiger partial charge in [-0.1, -0.05) is 12.1 Å². The number of hydrogen-bond donors (Lipinski definition) is 0. The summed E-state index contributed by atoms with van der Waals surface area (Å²) in [6.45, 7) is 6.71. The highest BCUT2D eigenvalue weighted by atomic mass is 32.1. The molecule has 5 heteroatoms. The number of benzene rings is 1. The third-order valence-electron chi connectivity index (χ3n) is 5.13. The van der Waals surface area contributed by atoms with Crippen molar-refractivity contribution in [1.29, 1.82) is 0 Å². The Morgan fingerprint density at radius 1 is 1.20 bits per heavy atom. The molecule has 2 aromatic heterocycles. The maximum atomic E-state index is 13.0. The molecule has 0 aliphatic carbocycles. The lowest BCUT2D eigenvalue weighted by atomic mass is 10.1. The van der Waals surface area contributed by atoms with Crippen molar-refractivity contribution >= 4 is 33.1 Å². The Kier molecular flexibility index (Phi) is 4.04. The van der Waals surface area contributed by atoms with E-state index in [4.69, 9.17) is 0 Å². The molecule has 1 atom stereocenters. The first-order chi connectivity index (χ1) is 12.0. The molecule has 1 saturated heterocycles. The number of carbonyl (C=O) groups excluding carboxylic acids is 1. The van der Waals surface area contributed by atoms with Gasteiger partial charge in [-0.05, 0) is 49.1 Å². The third kappa shape index (κ3) is 2.82. The molecular weight excluding hydrogens is 330 g/mol. The van der Waals surface area contributed by atoms with Crippen LogP contribution < -0.4 is 4.90 Å². The highest BCUT2D eigenvalue weighted by Crippen LogP contribution is 2.26. The molecule has 0 saturated carbocycles. The zero-order valence-corrected chi connectivity index (χ0v) is 15.7. The van der Waals surface area contributed by atoms with E-state index in [1.807, 2.05) is 22.6 Å². The summed E-state index contributed by atoms with van der Waals surface area (Å²) in [5, 5.41) is 2.07. The minimum Gasteiger partial charge on any atom is -0.365 e. The maximum absolute atomic E-state index is 13.0. The van der Waals surface area contributed by atoms with Crippen molar-refractivity contribution in [3.05, 3.63) is 53.0 Å². The first-order valence-corrected chi connectivity index (χ1v) is 9.58. The Labute approximate surface area is 152 Å². The molecule has 0 spiro atoms. The summed E-state index contributed by atoms with van der Waals surface area (Å²) in [5.74, 6) is 0.140. The van der Waals surface area contributed by atoms with Crippen LogP contribution >= 0.6 is 11.3 Å². The first-order valence-electron chi connectivity index (χ1n) is 8.70. The Balaban J connectivity index is 1.53. The van der Waals surface area contributed by atoms with Gasteiger partial charge < -0.3 is 14.4 Å². The van der Waals surface area contributed by atoms with Crippen molar-refractivity contribution in [2.24, 2.45) is 7.05 Å². The lowest BCUT2D eigenvalue weighted by Crippen LogP contribution is -2.54. The van der Waals surface area contributed by atoms with Gasteiger partial charge in [0.05, 0.1) is 10.2 Å². The molecule has 1 aromatic carbocycles. The molecule has 0 unspecified atom stereocenters. The number of anilines is 1. The molecule has 0 N–H and O–H groups in total. The van der Waals surface area contributed by atoms with E-state index >= 15 is 0 Å². The zero-order valence-electron chi connectivity index (χ0n) is 14.9. The van der Waals surface area contributed by atoms with E-state index in [0.717, 1.165) is 30.8 Å². The molecular formula is C20H23N3OS. The molecule has 1 amide bonds. The van der Waals surface area contributed by atoms with Gasteiger partial charge in [-0.25, -0.2) is 0 Å². The second-order valence-electron chi connectivity index (χ2n) is 6.89. The van der Waals surface area contributed by atoms with Crippen LogP contribution in [-0.2, 0) is 7.05 Å². The molecule has 25 heavy (non-hydrogen) atoms. The number of piperazine rings is 1. The summed E-state index contributed by atoms with van der Waals surface area (Å²) in [7, 11) is 1.98. The predicted octanol–water partition coefficient (Wildman–Crippen LogP) is 3.90. The molecule has 1 aliphatic rings. The van der Waals surface area contributed by atoms with E-state index in [1.54, 1.807) is 11.3 Å². The lowest BCUT2D eigenvalue weighted by Gasteiger charge is -2.41. The van der Waals surface area contributed by atoms with Crippen LogP contribution in [0.3, 0.4) is 0 Å². The topological polar surface area (TPSA) is 28.5 Å². The minimum absolute atomic E-state index is 0.140. The number of hydrogen-bond acceptors (Lipinski definition) is 3. The SMILES string of the molecule is Cc1cccc(N2CCN(C(=O)c3cc4sccc4n3C)C[C@H]2C)c1. The Hall–Kier alpha value is -2.27. The molecule has 3 aromatic rings. The zero-order chi connectivity index (χ0) is 17.6. The first kappa shape index (κ1) is 16.2. The smallest absolute Gasteiger partial charge is 0.270 e. The van der Waals surface area contributed by atoms with Crippen LogP contribution in [0.5, 0.6) is 0 Å². The van der Waals surface area contributed by atoms with Gasteiger partial charge in [-0.2, -0.15) is 0 Å². The number of rotatable bonds is 2. The Morgan fingerprint density at radius 3 is 2.76 bits per heavy atom. The monoisotopic (exact) mass is 353 g/mol. The van der Waals surface area contributed by atoms with Gasteiger partial charge in [0.2, 0.25) is 0 Å². The van der Waals surface area contributed by atoms with E-state index in [1.165, 1.54) is 16.0 Å². The minimum atomic E-state index is 0.140. The lowest BCUT2D eigenvalue weighted by molar-refractivity contribution is 0.0717. The van der Waals surface area contributed by atoms with Gasteiger partial charge in [-0.3, -0.25) is 4.79 Å². The fourth-order valence-electron chi connectivity index (χ4n) is 3.75. The van der Waals surface area contributed by atoms with Crippen molar-refractivity contribution in [3.63, 3.8) is 0 Å². The van der Waals surface area contributed by atoms with E-state index in [-0.39, 0.29) is 5.91 Å². The quantitative estimate of drug-likeness (QED) is 0.699. The second kappa shape index (κ2) is 6.23. The van der Waals surface area contributed by atoms with Crippen molar-refractivity contribution in [2.45, 2.75) is 19.9 Å². The number of nitrogens with zero attached hydrogens (tertiary/aromatic N) is 3. The number of aryl methyl sites for hydroxylation is 2. The van der Waals surface area contributed by atoms with Crippen molar-refractivity contribution in [3.8, 4) is 0 Å². The molecule has 130 valence electrons. The van der Waals surface area contributed by atoms with Crippen LogP contribution in [0.25, 0.3) is 10.2 Å². The van der Waals surface area contributed by atoms with Crippen molar-refractivity contribution in [2.75, 3.05) is 24.5 Å². The molecule has 4 rings (SSSR count). The van der Waals surface area contributed by atoms with Gasteiger partial charge in [0, 0.05) is 38.4 Å². The van der Waals surface area contributed by atoms with Crippen LogP contribution in [-0.4, -0.2) is 41.1 Å². The number of thiophene rings is 1. The van der Waals surface area contributed by atoms with Gasteiger partial charge in [-0.15, -0.1) is 11.3 Å². The molecule has 1 aliphatic heterocycles. The molecule has 3 heterocycles. The van der Waals surface area contributed by atoms with Crippen molar-refractivity contribution < 1.29 is 4.79 Å². The summed E-state index contributed by atoms with van der Waals surface area (Å²) in [5.41, 5.74) is 4.45. The van der Waals surface area contributed by atoms with Gasteiger partial charge in [0.25, 0.3) is 5.91 Å². The predicted molar refractivity (Wildman–Crippen MR) is 105 cm³/mol. The number of carbonyl (C=O) groups is 1. The Morgan fingerprint density at radius 2 is 2.04 bits per heavy atom. The fraction of sp³-hybridized carbons (Fsp3) is 0.350. The number of amides is 1. The maximum Gasteiger partial charge on any atom is 0.270 e. The molecule has 1 fully saturated rings. The van der Waals surface area contributed by atoms with Crippen molar-refractivity contribution in [1.82, 2.24) is 9.47 Å². The summed E-state index contributed by atoms with van der Waals surface area (Å²) in [4.78, 5) is 17.4. The number of aromatic nitrogens is 1. The van der Waals surface area contributed by atoms with Gasteiger partial charge in [0.15, 0.2) is 0 Å². The Bertz CT molecular complexity index is 926. The van der Waals surface area contributed by atoms with Gasteiger partial charge in [0.1, 0.15) is 5.69 Å². The van der Waals surface area contributed by atoms with E-state index in [0.29, 0.717) is 6.04 Å². The average Bonchev–Trinajstić information content (AvgIpc) is 3.17. The third-order valence-corrected chi connectivity index (χ3v) is 5.98. The number of fused-ring (bicyclic) bond motifs is 1. The summed E-state index contributed by atoms with van der Waals surface area (Å²) in [6, 6.07) is 13.0. The van der Waals surface area contributed by atoms with Crippen LogP contribution in [0.1, 0.15) is 23.0 Å². The van der Waals surface area contributed by atoms with E-state index < -0.39 is 0 Å². The summed E-state index contributed by atoms with van der Waals surface area (Å²) in [6.07, 6.45) is 0. The second-order valence-corrected chi connectivity index (χ2v) is 7.84. The highest BCUT2D eigenvalue weighted by molar-refractivity contribution is 7.17. The molecule has 4 nitrogen and oxygen atoms in total. The average molecular weight is 353 g/mol.